The van der Waals surface area contributed by atoms with E-state index in [1.165, 1.54) is 0 Å². The largest absolute Gasteiger partial charge is 0.389 e. The standard InChI is InChI=1S/C20H32O3/c1-4-20(23)12-10-17-15-7-8-18(22)16(6-5-13(2)21)14(15)9-11-19(17,20)3/h14-17,23H,4-12H2,1-3H3/t14-,15+,16?,17-,19-,20-/m0/s1. The Morgan fingerprint density at radius 2 is 1.96 bits per heavy atom. The maximum Gasteiger partial charge on any atom is 0.136 e. The molecular weight excluding hydrogens is 288 g/mol. The number of ketones is 2. The minimum Gasteiger partial charge on any atom is -0.389 e. The maximum absolute atomic E-state index is 12.5. The first-order valence-electron chi connectivity index (χ1n) is 9.57. The SMILES string of the molecule is CC[C@]1(O)CC[C@H]2[C@@H]3CCC(=O)C(CCC(C)=O)[C@H]3CC[C@@]21C. The van der Waals surface area contributed by atoms with Crippen LogP contribution in [0.25, 0.3) is 0 Å². The van der Waals surface area contributed by atoms with Crippen LogP contribution < -0.4 is 0 Å². The van der Waals surface area contributed by atoms with Crippen molar-refractivity contribution in [1.29, 1.82) is 0 Å². The number of hydrogen-bond donors (Lipinski definition) is 1. The number of carbonyl (C=O) groups is 2. The summed E-state index contributed by atoms with van der Waals surface area (Å²) in [5, 5.41) is 11.1. The Morgan fingerprint density at radius 3 is 2.61 bits per heavy atom. The van der Waals surface area contributed by atoms with Crippen molar-refractivity contribution in [2.45, 2.75) is 84.2 Å². The Kier molecular flexibility index (Phi) is 4.46. The number of rotatable bonds is 4. The molecule has 130 valence electrons. The average Bonchev–Trinajstić information content (AvgIpc) is 2.79. The van der Waals surface area contributed by atoms with Crippen molar-refractivity contribution in [3.05, 3.63) is 0 Å². The molecule has 0 saturated heterocycles. The fraction of sp³-hybridized carbons (Fsp3) is 0.900. The Labute approximate surface area is 140 Å². The first-order chi connectivity index (χ1) is 10.8. The zero-order valence-corrected chi connectivity index (χ0v) is 14.9. The van der Waals surface area contributed by atoms with E-state index < -0.39 is 5.60 Å². The van der Waals surface area contributed by atoms with Gasteiger partial charge in [0.25, 0.3) is 0 Å². The van der Waals surface area contributed by atoms with Crippen molar-refractivity contribution in [2.24, 2.45) is 29.1 Å². The highest BCUT2D eigenvalue weighted by atomic mass is 16.3. The molecular formula is C20H32O3. The van der Waals surface area contributed by atoms with Crippen molar-refractivity contribution in [3.8, 4) is 0 Å². The van der Waals surface area contributed by atoms with Gasteiger partial charge in [-0.15, -0.1) is 0 Å². The predicted octanol–water partition coefficient (Wildman–Crippen LogP) is 3.92. The van der Waals surface area contributed by atoms with Crippen LogP contribution in [0.3, 0.4) is 0 Å². The van der Waals surface area contributed by atoms with Gasteiger partial charge in [-0.2, -0.15) is 0 Å². The summed E-state index contributed by atoms with van der Waals surface area (Å²) in [6, 6.07) is 0. The molecule has 3 aliphatic rings. The van der Waals surface area contributed by atoms with Crippen molar-refractivity contribution in [2.75, 3.05) is 0 Å². The van der Waals surface area contributed by atoms with Crippen LogP contribution in [0, 0.1) is 29.1 Å². The topological polar surface area (TPSA) is 54.4 Å². The van der Waals surface area contributed by atoms with Gasteiger partial charge in [0.15, 0.2) is 0 Å². The van der Waals surface area contributed by atoms with E-state index in [9.17, 15) is 14.7 Å². The Balaban J connectivity index is 1.82. The number of aliphatic hydroxyl groups is 1. The van der Waals surface area contributed by atoms with Gasteiger partial charge in [-0.05, 0) is 75.0 Å². The lowest BCUT2D eigenvalue weighted by Crippen LogP contribution is -2.53. The highest BCUT2D eigenvalue weighted by Crippen LogP contribution is 2.64. The summed E-state index contributed by atoms with van der Waals surface area (Å²) in [7, 11) is 0. The van der Waals surface area contributed by atoms with Gasteiger partial charge in [-0.25, -0.2) is 0 Å². The highest BCUT2D eigenvalue weighted by molar-refractivity contribution is 5.83. The molecule has 0 aromatic rings. The quantitative estimate of drug-likeness (QED) is 0.854. The molecule has 0 amide bonds. The zero-order chi connectivity index (χ0) is 16.8. The molecule has 0 heterocycles. The molecule has 0 aliphatic heterocycles. The first-order valence-corrected chi connectivity index (χ1v) is 9.57. The number of hydrogen-bond acceptors (Lipinski definition) is 3. The lowest BCUT2D eigenvalue weighted by molar-refractivity contribution is -0.143. The van der Waals surface area contributed by atoms with E-state index in [0.717, 1.165) is 44.9 Å². The van der Waals surface area contributed by atoms with Gasteiger partial charge >= 0.3 is 0 Å². The first kappa shape index (κ1) is 17.1. The lowest BCUT2D eigenvalue weighted by Gasteiger charge is -2.54. The van der Waals surface area contributed by atoms with Crippen molar-refractivity contribution in [1.82, 2.24) is 0 Å². The van der Waals surface area contributed by atoms with Crippen molar-refractivity contribution >= 4 is 11.6 Å². The molecule has 3 heteroatoms. The zero-order valence-electron chi connectivity index (χ0n) is 14.9. The monoisotopic (exact) mass is 320 g/mol. The third kappa shape index (κ3) is 2.59. The summed E-state index contributed by atoms with van der Waals surface area (Å²) in [5.41, 5.74) is -0.493. The molecule has 0 radical (unpaired) electrons. The minimum atomic E-state index is -0.515. The summed E-state index contributed by atoms with van der Waals surface area (Å²) in [6.07, 6.45) is 7.92. The summed E-state index contributed by atoms with van der Waals surface area (Å²) in [5.74, 6) is 2.26. The fourth-order valence-electron chi connectivity index (χ4n) is 6.39. The Morgan fingerprint density at radius 1 is 1.22 bits per heavy atom. The third-order valence-electron chi connectivity index (χ3n) is 7.86. The van der Waals surface area contributed by atoms with Crippen LogP contribution in [0.15, 0.2) is 0 Å². The molecule has 3 nitrogen and oxygen atoms in total. The molecule has 6 atom stereocenters. The van der Waals surface area contributed by atoms with Crippen LogP contribution in [0.5, 0.6) is 0 Å². The molecule has 1 N–H and O–H groups in total. The summed E-state index contributed by atoms with van der Waals surface area (Å²) >= 11 is 0. The number of fused-ring (bicyclic) bond motifs is 3. The fourth-order valence-corrected chi connectivity index (χ4v) is 6.39. The van der Waals surface area contributed by atoms with Crippen LogP contribution in [0.4, 0.5) is 0 Å². The van der Waals surface area contributed by atoms with E-state index in [-0.39, 0.29) is 17.1 Å². The maximum atomic E-state index is 12.5. The molecule has 3 fully saturated rings. The van der Waals surface area contributed by atoms with Crippen molar-refractivity contribution < 1.29 is 14.7 Å². The van der Waals surface area contributed by atoms with E-state index in [1.54, 1.807) is 6.92 Å². The molecule has 3 rings (SSSR count). The van der Waals surface area contributed by atoms with Gasteiger partial charge < -0.3 is 9.90 Å². The van der Waals surface area contributed by atoms with Gasteiger partial charge in [0.1, 0.15) is 11.6 Å². The van der Waals surface area contributed by atoms with Crippen LogP contribution >= 0.6 is 0 Å². The van der Waals surface area contributed by atoms with Gasteiger partial charge in [-0.1, -0.05) is 13.8 Å². The molecule has 23 heavy (non-hydrogen) atoms. The molecule has 3 saturated carbocycles. The Bertz CT molecular complexity index is 499. The van der Waals surface area contributed by atoms with E-state index in [1.807, 2.05) is 0 Å². The number of carbonyl (C=O) groups excluding carboxylic acids is 2. The highest BCUT2D eigenvalue weighted by Gasteiger charge is 2.61. The smallest absolute Gasteiger partial charge is 0.136 e. The predicted molar refractivity (Wildman–Crippen MR) is 89.9 cm³/mol. The number of Topliss-reactive ketones (excluding diaryl/α,β-unsaturated/α-hetero) is 2. The summed E-state index contributed by atoms with van der Waals surface area (Å²) < 4.78 is 0. The minimum absolute atomic E-state index is 0.0223. The third-order valence-corrected chi connectivity index (χ3v) is 7.86. The van der Waals surface area contributed by atoms with E-state index >= 15 is 0 Å². The Hall–Kier alpha value is -0.700. The van der Waals surface area contributed by atoms with Gasteiger partial charge in [-0.3, -0.25) is 4.79 Å². The molecule has 0 aromatic carbocycles. The van der Waals surface area contributed by atoms with E-state index in [4.69, 9.17) is 0 Å². The van der Waals surface area contributed by atoms with Crippen LogP contribution in [-0.2, 0) is 9.59 Å². The molecule has 0 spiro atoms. The van der Waals surface area contributed by atoms with Gasteiger partial charge in [0, 0.05) is 18.8 Å². The summed E-state index contributed by atoms with van der Waals surface area (Å²) in [6.45, 7) is 6.03. The normalized spacial score (nSPS) is 46.3. The summed E-state index contributed by atoms with van der Waals surface area (Å²) in [4.78, 5) is 23.8. The van der Waals surface area contributed by atoms with Crippen LogP contribution in [0.2, 0.25) is 0 Å². The average molecular weight is 320 g/mol. The van der Waals surface area contributed by atoms with Crippen LogP contribution in [0.1, 0.15) is 78.6 Å². The van der Waals surface area contributed by atoms with Crippen molar-refractivity contribution in [3.63, 3.8) is 0 Å². The van der Waals surface area contributed by atoms with Gasteiger partial charge in [0.2, 0.25) is 0 Å². The van der Waals surface area contributed by atoms with Crippen LogP contribution in [-0.4, -0.2) is 22.3 Å². The lowest BCUT2D eigenvalue weighted by atomic mass is 9.51. The van der Waals surface area contributed by atoms with E-state index in [2.05, 4.69) is 13.8 Å². The molecule has 0 bridgehead atoms. The van der Waals surface area contributed by atoms with E-state index in [0.29, 0.717) is 36.4 Å². The molecule has 1 unspecified atom stereocenters. The second-order valence-corrected chi connectivity index (χ2v) is 8.67. The van der Waals surface area contributed by atoms with Gasteiger partial charge in [0.05, 0.1) is 5.60 Å². The second kappa shape index (κ2) is 5.98. The molecule has 0 aromatic heterocycles. The molecule has 3 aliphatic carbocycles. The second-order valence-electron chi connectivity index (χ2n) is 8.67.